The third-order valence-corrected chi connectivity index (χ3v) is 5.48. The molecule has 1 aliphatic rings. The van der Waals surface area contributed by atoms with Gasteiger partial charge in [-0.3, -0.25) is 9.58 Å². The molecule has 2 aromatic rings. The Labute approximate surface area is 124 Å². The van der Waals surface area contributed by atoms with Gasteiger partial charge in [0.1, 0.15) is 0 Å². The fraction of sp³-hybridized carbons (Fsp3) is 0.600. The van der Waals surface area contributed by atoms with E-state index >= 15 is 0 Å². The van der Waals surface area contributed by atoms with Gasteiger partial charge in [0.15, 0.2) is 0 Å². The minimum Gasteiger partial charge on any atom is -0.299 e. The summed E-state index contributed by atoms with van der Waals surface area (Å²) < 4.78 is 1.88. The van der Waals surface area contributed by atoms with Crippen molar-refractivity contribution in [1.82, 2.24) is 19.7 Å². The third kappa shape index (κ3) is 2.79. The second kappa shape index (κ2) is 5.30. The van der Waals surface area contributed by atoms with Crippen LogP contribution in [-0.2, 0) is 19.0 Å². The highest BCUT2D eigenvalue weighted by molar-refractivity contribution is 7.11. The Morgan fingerprint density at radius 2 is 2.05 bits per heavy atom. The molecule has 0 atom stereocenters. The predicted molar refractivity (Wildman–Crippen MR) is 81.9 cm³/mol. The molecule has 0 aliphatic carbocycles. The number of thiazole rings is 1. The average molecular weight is 290 g/mol. The standard InChI is InChI=1S/C15H22N4S/c1-12-8-16-14(20-12)15(2)4-6-19(7-5-15)11-13-9-17-18(3)10-13/h8-10H,4-7,11H2,1-3H3. The monoisotopic (exact) mass is 290 g/mol. The third-order valence-electron chi connectivity index (χ3n) is 4.26. The summed E-state index contributed by atoms with van der Waals surface area (Å²) in [7, 11) is 1.97. The van der Waals surface area contributed by atoms with Gasteiger partial charge in [0.2, 0.25) is 0 Å². The van der Waals surface area contributed by atoms with Crippen molar-refractivity contribution in [2.24, 2.45) is 7.05 Å². The lowest BCUT2D eigenvalue weighted by Crippen LogP contribution is -2.40. The van der Waals surface area contributed by atoms with Crippen molar-refractivity contribution in [3.8, 4) is 0 Å². The van der Waals surface area contributed by atoms with E-state index in [-0.39, 0.29) is 5.41 Å². The summed E-state index contributed by atoms with van der Waals surface area (Å²) in [5.74, 6) is 0. The lowest BCUT2D eigenvalue weighted by molar-refractivity contribution is 0.162. The Balaban J connectivity index is 1.61. The van der Waals surface area contributed by atoms with Crippen LogP contribution in [0.4, 0.5) is 0 Å². The summed E-state index contributed by atoms with van der Waals surface area (Å²) >= 11 is 1.86. The summed E-state index contributed by atoms with van der Waals surface area (Å²) in [5.41, 5.74) is 1.57. The van der Waals surface area contributed by atoms with Crippen LogP contribution in [0.1, 0.15) is 35.2 Å². The van der Waals surface area contributed by atoms with Gasteiger partial charge in [-0.05, 0) is 32.9 Å². The number of aromatic nitrogens is 3. The molecule has 2 aromatic heterocycles. The van der Waals surface area contributed by atoms with E-state index in [1.165, 1.54) is 28.3 Å². The molecule has 20 heavy (non-hydrogen) atoms. The zero-order valence-corrected chi connectivity index (χ0v) is 13.3. The summed E-state index contributed by atoms with van der Waals surface area (Å²) in [6.07, 6.45) is 8.48. The first-order valence-corrected chi connectivity index (χ1v) is 8.00. The average Bonchev–Trinajstić information content (AvgIpc) is 3.02. The van der Waals surface area contributed by atoms with Crippen LogP contribution in [-0.4, -0.2) is 32.8 Å². The van der Waals surface area contributed by atoms with E-state index < -0.39 is 0 Å². The number of piperidine rings is 1. The Morgan fingerprint density at radius 1 is 1.30 bits per heavy atom. The molecule has 1 saturated heterocycles. The molecule has 3 rings (SSSR count). The Hall–Kier alpha value is -1.20. The van der Waals surface area contributed by atoms with Crippen LogP contribution in [0.15, 0.2) is 18.6 Å². The van der Waals surface area contributed by atoms with Gasteiger partial charge in [-0.25, -0.2) is 4.98 Å². The van der Waals surface area contributed by atoms with Gasteiger partial charge < -0.3 is 0 Å². The van der Waals surface area contributed by atoms with E-state index in [1.807, 2.05) is 35.5 Å². The van der Waals surface area contributed by atoms with Crippen molar-refractivity contribution >= 4 is 11.3 Å². The lowest BCUT2D eigenvalue weighted by Gasteiger charge is -2.38. The quantitative estimate of drug-likeness (QED) is 0.871. The zero-order valence-electron chi connectivity index (χ0n) is 12.5. The number of rotatable bonds is 3. The SMILES string of the molecule is Cc1cnc(C2(C)CCN(Cc3cnn(C)c3)CC2)s1. The lowest BCUT2D eigenvalue weighted by atomic mass is 9.81. The molecule has 0 amide bonds. The molecule has 0 radical (unpaired) electrons. The second-order valence-electron chi connectivity index (χ2n) is 6.14. The van der Waals surface area contributed by atoms with Gasteiger partial charge in [-0.1, -0.05) is 6.92 Å². The van der Waals surface area contributed by atoms with E-state index in [1.54, 1.807) is 0 Å². The summed E-state index contributed by atoms with van der Waals surface area (Å²) in [6, 6.07) is 0. The largest absolute Gasteiger partial charge is 0.299 e. The first kappa shape index (κ1) is 13.8. The van der Waals surface area contributed by atoms with Gasteiger partial charge >= 0.3 is 0 Å². The van der Waals surface area contributed by atoms with Gasteiger partial charge in [0.25, 0.3) is 0 Å². The maximum atomic E-state index is 4.61. The summed E-state index contributed by atoms with van der Waals surface area (Å²) in [4.78, 5) is 8.46. The van der Waals surface area contributed by atoms with Gasteiger partial charge in [-0.15, -0.1) is 11.3 Å². The van der Waals surface area contributed by atoms with E-state index in [2.05, 4.69) is 35.0 Å². The molecule has 0 bridgehead atoms. The molecule has 5 heteroatoms. The topological polar surface area (TPSA) is 34.0 Å². The fourth-order valence-corrected chi connectivity index (χ4v) is 3.83. The highest BCUT2D eigenvalue weighted by Gasteiger charge is 2.34. The predicted octanol–water partition coefficient (Wildman–Crippen LogP) is 2.74. The smallest absolute Gasteiger partial charge is 0.0987 e. The number of hydrogen-bond donors (Lipinski definition) is 0. The Bertz CT molecular complexity index is 578. The van der Waals surface area contributed by atoms with E-state index in [0.29, 0.717) is 0 Å². The van der Waals surface area contributed by atoms with Crippen molar-refractivity contribution in [3.63, 3.8) is 0 Å². The molecule has 0 saturated carbocycles. The molecule has 0 unspecified atom stereocenters. The first-order valence-electron chi connectivity index (χ1n) is 7.18. The van der Waals surface area contributed by atoms with Crippen molar-refractivity contribution in [2.45, 2.75) is 38.6 Å². The van der Waals surface area contributed by atoms with Gasteiger partial charge in [0, 0.05) is 41.8 Å². The van der Waals surface area contributed by atoms with Crippen LogP contribution in [0.25, 0.3) is 0 Å². The normalized spacial score (nSPS) is 19.4. The van der Waals surface area contributed by atoms with Crippen LogP contribution >= 0.6 is 11.3 Å². The van der Waals surface area contributed by atoms with Crippen LogP contribution in [0.3, 0.4) is 0 Å². The number of hydrogen-bond acceptors (Lipinski definition) is 4. The molecule has 0 N–H and O–H groups in total. The number of nitrogens with zero attached hydrogens (tertiary/aromatic N) is 4. The molecular weight excluding hydrogens is 268 g/mol. The fourth-order valence-electron chi connectivity index (χ4n) is 2.86. The molecule has 1 fully saturated rings. The highest BCUT2D eigenvalue weighted by Crippen LogP contribution is 2.37. The van der Waals surface area contributed by atoms with Crippen molar-refractivity contribution in [3.05, 3.63) is 34.0 Å². The Morgan fingerprint density at radius 3 is 2.60 bits per heavy atom. The maximum Gasteiger partial charge on any atom is 0.0987 e. The van der Waals surface area contributed by atoms with E-state index in [0.717, 1.165) is 19.6 Å². The van der Waals surface area contributed by atoms with Gasteiger partial charge in [-0.2, -0.15) is 5.10 Å². The van der Waals surface area contributed by atoms with Crippen molar-refractivity contribution in [1.29, 1.82) is 0 Å². The van der Waals surface area contributed by atoms with E-state index in [4.69, 9.17) is 0 Å². The Kier molecular flexibility index (Phi) is 3.65. The molecule has 108 valence electrons. The highest BCUT2D eigenvalue weighted by atomic mass is 32.1. The van der Waals surface area contributed by atoms with Crippen LogP contribution < -0.4 is 0 Å². The minimum absolute atomic E-state index is 0.268. The van der Waals surface area contributed by atoms with Crippen LogP contribution in [0.2, 0.25) is 0 Å². The molecule has 0 aromatic carbocycles. The molecular formula is C15H22N4S. The summed E-state index contributed by atoms with van der Waals surface area (Å²) in [5, 5.41) is 5.56. The van der Waals surface area contributed by atoms with Crippen LogP contribution in [0, 0.1) is 6.92 Å². The van der Waals surface area contributed by atoms with Crippen molar-refractivity contribution < 1.29 is 0 Å². The first-order chi connectivity index (χ1) is 9.55. The molecule has 0 spiro atoms. The molecule has 1 aliphatic heterocycles. The summed E-state index contributed by atoms with van der Waals surface area (Å²) in [6.45, 7) is 7.81. The van der Waals surface area contributed by atoms with E-state index in [9.17, 15) is 0 Å². The van der Waals surface area contributed by atoms with Crippen LogP contribution in [0.5, 0.6) is 0 Å². The zero-order chi connectivity index (χ0) is 14.2. The number of likely N-dealkylation sites (tertiary alicyclic amines) is 1. The number of aryl methyl sites for hydroxylation is 2. The molecule has 3 heterocycles. The maximum absolute atomic E-state index is 4.61. The molecule has 4 nitrogen and oxygen atoms in total. The minimum atomic E-state index is 0.268. The second-order valence-corrected chi connectivity index (χ2v) is 7.37. The van der Waals surface area contributed by atoms with Crippen molar-refractivity contribution in [2.75, 3.05) is 13.1 Å². The van der Waals surface area contributed by atoms with Gasteiger partial charge in [0.05, 0.1) is 11.2 Å².